The van der Waals surface area contributed by atoms with E-state index in [9.17, 15) is 0 Å². The average Bonchev–Trinajstić information content (AvgIpc) is 2.46. The Hall–Kier alpha value is -0.700. The summed E-state index contributed by atoms with van der Waals surface area (Å²) in [5, 5.41) is 0.786. The minimum Gasteiger partial charge on any atom is -0.367 e. The molecule has 0 spiro atoms. The second kappa shape index (κ2) is 6.84. The van der Waals surface area contributed by atoms with E-state index < -0.39 is 0 Å². The summed E-state index contributed by atoms with van der Waals surface area (Å²) in [4.78, 5) is 2.20. The Morgan fingerprint density at radius 2 is 1.90 bits per heavy atom. The third kappa shape index (κ3) is 3.30. The van der Waals surface area contributed by atoms with Gasteiger partial charge >= 0.3 is 0 Å². The number of nitrogens with zero attached hydrogens (tertiary/aromatic N) is 1. The summed E-state index contributed by atoms with van der Waals surface area (Å²) < 4.78 is 1.04. The summed E-state index contributed by atoms with van der Waals surface area (Å²) in [6.45, 7) is 2.14. The standard InChI is InChI=1S/C16H16BrCl2N/c1-11(14-5-3-4-6-15(14)19)20(2)16-9-13(17)8-7-12(16)10-18/h3-9,11H,10H2,1-2H3. The van der Waals surface area contributed by atoms with Gasteiger partial charge in [-0.2, -0.15) is 0 Å². The fourth-order valence-corrected chi connectivity index (χ4v) is 3.08. The summed E-state index contributed by atoms with van der Waals surface area (Å²) in [6, 6.07) is 14.2. The van der Waals surface area contributed by atoms with E-state index in [0.717, 1.165) is 26.3 Å². The summed E-state index contributed by atoms with van der Waals surface area (Å²) in [5.41, 5.74) is 3.33. The van der Waals surface area contributed by atoms with Crippen molar-refractivity contribution in [2.45, 2.75) is 18.8 Å². The molecule has 106 valence electrons. The summed E-state index contributed by atoms with van der Waals surface area (Å²) in [6.07, 6.45) is 0. The van der Waals surface area contributed by atoms with Crippen molar-refractivity contribution in [3.8, 4) is 0 Å². The van der Waals surface area contributed by atoms with Crippen molar-refractivity contribution in [3.63, 3.8) is 0 Å². The Bertz CT molecular complexity index is 601. The van der Waals surface area contributed by atoms with Crippen LogP contribution in [0.2, 0.25) is 5.02 Å². The molecular weight excluding hydrogens is 357 g/mol. The van der Waals surface area contributed by atoms with Gasteiger partial charge in [0.25, 0.3) is 0 Å². The van der Waals surface area contributed by atoms with Gasteiger partial charge in [0.2, 0.25) is 0 Å². The molecule has 1 nitrogen and oxygen atoms in total. The molecule has 0 aliphatic rings. The lowest BCUT2D eigenvalue weighted by Gasteiger charge is -2.30. The first-order valence-corrected chi connectivity index (χ1v) is 8.06. The van der Waals surface area contributed by atoms with Crippen molar-refractivity contribution < 1.29 is 0 Å². The molecule has 0 heterocycles. The van der Waals surface area contributed by atoms with E-state index in [-0.39, 0.29) is 6.04 Å². The molecule has 2 aromatic carbocycles. The van der Waals surface area contributed by atoms with Crippen LogP contribution in [-0.2, 0) is 5.88 Å². The fraction of sp³-hybridized carbons (Fsp3) is 0.250. The maximum Gasteiger partial charge on any atom is 0.0525 e. The van der Waals surface area contributed by atoms with Crippen LogP contribution >= 0.6 is 39.1 Å². The highest BCUT2D eigenvalue weighted by Crippen LogP contribution is 2.33. The van der Waals surface area contributed by atoms with Crippen LogP contribution in [0.15, 0.2) is 46.9 Å². The van der Waals surface area contributed by atoms with Crippen molar-refractivity contribution in [2.24, 2.45) is 0 Å². The first kappa shape index (κ1) is 15.7. The number of hydrogen-bond acceptors (Lipinski definition) is 1. The highest BCUT2D eigenvalue weighted by molar-refractivity contribution is 9.10. The molecule has 2 aromatic rings. The summed E-state index contributed by atoms with van der Waals surface area (Å²) >= 11 is 15.9. The molecule has 1 atom stereocenters. The number of anilines is 1. The van der Waals surface area contributed by atoms with E-state index in [4.69, 9.17) is 23.2 Å². The molecule has 20 heavy (non-hydrogen) atoms. The number of alkyl halides is 1. The summed E-state index contributed by atoms with van der Waals surface area (Å²) in [5.74, 6) is 0.488. The molecule has 0 aromatic heterocycles. The van der Waals surface area contributed by atoms with Crippen LogP contribution < -0.4 is 4.90 Å². The minimum absolute atomic E-state index is 0.167. The van der Waals surface area contributed by atoms with Crippen LogP contribution in [0.5, 0.6) is 0 Å². The first-order valence-electron chi connectivity index (χ1n) is 6.36. The van der Waals surface area contributed by atoms with E-state index in [0.29, 0.717) is 5.88 Å². The Balaban J connectivity index is 2.38. The molecule has 0 N–H and O–H groups in total. The van der Waals surface area contributed by atoms with Gasteiger partial charge in [0.1, 0.15) is 0 Å². The molecule has 0 radical (unpaired) electrons. The zero-order valence-electron chi connectivity index (χ0n) is 11.4. The lowest BCUT2D eigenvalue weighted by molar-refractivity contribution is 0.737. The lowest BCUT2D eigenvalue weighted by atomic mass is 10.1. The van der Waals surface area contributed by atoms with Crippen molar-refractivity contribution in [1.82, 2.24) is 0 Å². The molecule has 0 saturated heterocycles. The normalized spacial score (nSPS) is 12.2. The second-order valence-electron chi connectivity index (χ2n) is 4.72. The Kier molecular flexibility index (Phi) is 5.36. The van der Waals surface area contributed by atoms with Crippen LogP contribution in [0, 0.1) is 0 Å². The van der Waals surface area contributed by atoms with Crippen LogP contribution in [0.4, 0.5) is 5.69 Å². The molecule has 4 heteroatoms. The van der Waals surface area contributed by atoms with Crippen molar-refractivity contribution in [1.29, 1.82) is 0 Å². The minimum atomic E-state index is 0.167. The van der Waals surface area contributed by atoms with Gasteiger partial charge in [0.05, 0.1) is 6.04 Å². The van der Waals surface area contributed by atoms with Gasteiger partial charge in [0, 0.05) is 28.1 Å². The lowest BCUT2D eigenvalue weighted by Crippen LogP contribution is -2.23. The predicted octanol–water partition coefficient (Wildman–Crippen LogP) is 6.04. The molecule has 0 fully saturated rings. The zero-order chi connectivity index (χ0) is 14.7. The van der Waals surface area contributed by atoms with Gasteiger partial charge in [-0.3, -0.25) is 0 Å². The first-order chi connectivity index (χ1) is 9.54. The molecule has 0 aliphatic carbocycles. The molecule has 1 unspecified atom stereocenters. The van der Waals surface area contributed by atoms with Crippen molar-refractivity contribution in [3.05, 3.63) is 63.1 Å². The van der Waals surface area contributed by atoms with Gasteiger partial charge in [0.15, 0.2) is 0 Å². The highest BCUT2D eigenvalue weighted by Gasteiger charge is 2.17. The molecule has 0 amide bonds. The maximum absolute atomic E-state index is 6.29. The van der Waals surface area contributed by atoms with Gasteiger partial charge in [-0.1, -0.05) is 51.8 Å². The van der Waals surface area contributed by atoms with Crippen molar-refractivity contribution >= 4 is 44.8 Å². The van der Waals surface area contributed by atoms with Crippen LogP contribution in [0.25, 0.3) is 0 Å². The van der Waals surface area contributed by atoms with Gasteiger partial charge in [-0.05, 0) is 36.2 Å². The monoisotopic (exact) mass is 371 g/mol. The number of benzene rings is 2. The molecular formula is C16H16BrCl2N. The number of hydrogen-bond donors (Lipinski definition) is 0. The van der Waals surface area contributed by atoms with Crippen molar-refractivity contribution in [2.75, 3.05) is 11.9 Å². The maximum atomic E-state index is 6.29. The van der Waals surface area contributed by atoms with Crippen LogP contribution in [-0.4, -0.2) is 7.05 Å². The topological polar surface area (TPSA) is 3.24 Å². The quantitative estimate of drug-likeness (QED) is 0.591. The highest BCUT2D eigenvalue weighted by atomic mass is 79.9. The Morgan fingerprint density at radius 1 is 1.20 bits per heavy atom. The van der Waals surface area contributed by atoms with E-state index >= 15 is 0 Å². The molecule has 0 bridgehead atoms. The van der Waals surface area contributed by atoms with E-state index in [1.54, 1.807) is 0 Å². The number of halogens is 3. The molecule has 2 rings (SSSR count). The largest absolute Gasteiger partial charge is 0.367 e. The third-order valence-corrected chi connectivity index (χ3v) is 4.63. The van der Waals surface area contributed by atoms with Gasteiger partial charge in [-0.15, -0.1) is 11.6 Å². The fourth-order valence-electron chi connectivity index (χ4n) is 2.21. The van der Waals surface area contributed by atoms with Gasteiger partial charge < -0.3 is 4.90 Å². The second-order valence-corrected chi connectivity index (χ2v) is 6.31. The smallest absolute Gasteiger partial charge is 0.0525 e. The van der Waals surface area contributed by atoms with E-state index in [2.05, 4.69) is 46.9 Å². The molecule has 0 saturated carbocycles. The predicted molar refractivity (Wildman–Crippen MR) is 92.0 cm³/mol. The van der Waals surface area contributed by atoms with Gasteiger partial charge in [-0.25, -0.2) is 0 Å². The Morgan fingerprint density at radius 3 is 2.55 bits per heavy atom. The third-order valence-electron chi connectivity index (χ3n) is 3.51. The van der Waals surface area contributed by atoms with Crippen LogP contribution in [0.1, 0.15) is 24.1 Å². The summed E-state index contributed by atoms with van der Waals surface area (Å²) in [7, 11) is 2.06. The SMILES string of the molecule is CC(c1ccccc1Cl)N(C)c1cc(Br)ccc1CCl. The van der Waals surface area contributed by atoms with Crippen LogP contribution in [0.3, 0.4) is 0 Å². The molecule has 0 aliphatic heterocycles. The Labute approximate surface area is 138 Å². The average molecular weight is 373 g/mol. The van der Waals surface area contributed by atoms with E-state index in [1.807, 2.05) is 30.3 Å². The number of rotatable bonds is 4. The zero-order valence-corrected chi connectivity index (χ0v) is 14.5. The van der Waals surface area contributed by atoms with E-state index in [1.165, 1.54) is 0 Å².